The molecule has 1 heterocycles. The number of carbonyl (C=O) groups is 2. The van der Waals surface area contributed by atoms with Crippen LogP contribution in [-0.4, -0.2) is 24.4 Å². The molecule has 1 aliphatic heterocycles. The van der Waals surface area contributed by atoms with Crippen molar-refractivity contribution in [3.05, 3.63) is 11.6 Å². The molecule has 4 heteroatoms. The lowest BCUT2D eigenvalue weighted by atomic mass is 10.1. The van der Waals surface area contributed by atoms with E-state index in [1.165, 1.54) is 7.05 Å². The predicted molar refractivity (Wildman–Crippen MR) is 44.4 cm³/mol. The summed E-state index contributed by atoms with van der Waals surface area (Å²) in [6.45, 7) is 3.67. The van der Waals surface area contributed by atoms with Crippen LogP contribution in [0.3, 0.4) is 0 Å². The highest BCUT2D eigenvalue weighted by Gasteiger charge is 2.32. The normalized spacial score (nSPS) is 19.9. The number of hydrogen-bond donors (Lipinski definition) is 2. The van der Waals surface area contributed by atoms with Gasteiger partial charge in [0.1, 0.15) is 5.57 Å². The second-order valence-corrected chi connectivity index (χ2v) is 3.31. The van der Waals surface area contributed by atoms with Gasteiger partial charge in [-0.25, -0.2) is 0 Å². The molecular weight excluding hydrogens is 156 g/mol. The van der Waals surface area contributed by atoms with Crippen molar-refractivity contribution < 1.29 is 9.59 Å². The molecule has 0 aromatic heterocycles. The van der Waals surface area contributed by atoms with Crippen molar-refractivity contribution in [2.24, 2.45) is 0 Å². The molecule has 0 radical (unpaired) electrons. The van der Waals surface area contributed by atoms with Gasteiger partial charge < -0.3 is 10.6 Å². The van der Waals surface area contributed by atoms with E-state index >= 15 is 0 Å². The van der Waals surface area contributed by atoms with Crippen LogP contribution in [0.4, 0.5) is 0 Å². The van der Waals surface area contributed by atoms with Gasteiger partial charge in [-0.1, -0.05) is 0 Å². The topological polar surface area (TPSA) is 58.2 Å². The highest BCUT2D eigenvalue weighted by atomic mass is 16.2. The van der Waals surface area contributed by atoms with Crippen LogP contribution in [0.15, 0.2) is 11.6 Å². The van der Waals surface area contributed by atoms with E-state index in [1.807, 2.05) is 13.8 Å². The van der Waals surface area contributed by atoms with Gasteiger partial charge in [-0.2, -0.15) is 0 Å². The van der Waals surface area contributed by atoms with Crippen molar-refractivity contribution in [3.8, 4) is 0 Å². The van der Waals surface area contributed by atoms with E-state index in [-0.39, 0.29) is 17.4 Å². The average Bonchev–Trinajstić information content (AvgIpc) is 2.23. The summed E-state index contributed by atoms with van der Waals surface area (Å²) in [6.07, 6.45) is 1.63. The fourth-order valence-electron chi connectivity index (χ4n) is 1.13. The molecule has 2 N–H and O–H groups in total. The molecular formula is C8H12N2O2. The first-order chi connectivity index (χ1) is 5.46. The maximum atomic E-state index is 11.2. The maximum Gasteiger partial charge on any atom is 0.257 e. The quantitative estimate of drug-likeness (QED) is 0.522. The van der Waals surface area contributed by atoms with Crippen molar-refractivity contribution >= 4 is 11.8 Å². The third-order valence-corrected chi connectivity index (χ3v) is 1.66. The predicted octanol–water partition coefficient (Wildman–Crippen LogP) is -0.433. The number of nitrogens with one attached hydrogen (secondary N) is 2. The van der Waals surface area contributed by atoms with Gasteiger partial charge in [-0.3, -0.25) is 9.59 Å². The Morgan fingerprint density at radius 3 is 2.50 bits per heavy atom. The summed E-state index contributed by atoms with van der Waals surface area (Å²) in [5.41, 5.74) is -0.207. The van der Waals surface area contributed by atoms with Crippen molar-refractivity contribution in [1.29, 1.82) is 0 Å². The fraction of sp³-hybridized carbons (Fsp3) is 0.500. The summed E-state index contributed by atoms with van der Waals surface area (Å²) in [7, 11) is 1.50. The number of rotatable bonds is 1. The van der Waals surface area contributed by atoms with Crippen LogP contribution in [0.2, 0.25) is 0 Å². The van der Waals surface area contributed by atoms with E-state index in [0.717, 1.165) is 0 Å². The van der Waals surface area contributed by atoms with E-state index in [1.54, 1.807) is 6.08 Å². The van der Waals surface area contributed by atoms with Gasteiger partial charge in [-0.05, 0) is 19.9 Å². The fourth-order valence-corrected chi connectivity index (χ4v) is 1.13. The summed E-state index contributed by atoms with van der Waals surface area (Å²) < 4.78 is 0. The molecule has 0 fully saturated rings. The van der Waals surface area contributed by atoms with Crippen LogP contribution >= 0.6 is 0 Å². The lowest BCUT2D eigenvalue weighted by Crippen LogP contribution is -2.36. The molecule has 0 unspecified atom stereocenters. The molecule has 0 aromatic carbocycles. The molecule has 0 atom stereocenters. The van der Waals surface area contributed by atoms with E-state index in [4.69, 9.17) is 0 Å². The van der Waals surface area contributed by atoms with Gasteiger partial charge in [0.15, 0.2) is 0 Å². The minimum Gasteiger partial charge on any atom is -0.355 e. The molecule has 66 valence electrons. The van der Waals surface area contributed by atoms with Crippen molar-refractivity contribution in [1.82, 2.24) is 10.6 Å². The van der Waals surface area contributed by atoms with Crippen LogP contribution in [0, 0.1) is 0 Å². The number of hydrogen-bond acceptors (Lipinski definition) is 2. The maximum absolute atomic E-state index is 11.2. The van der Waals surface area contributed by atoms with Crippen molar-refractivity contribution in [2.45, 2.75) is 19.4 Å². The molecule has 0 aliphatic carbocycles. The third kappa shape index (κ3) is 1.47. The monoisotopic (exact) mass is 168 g/mol. The van der Waals surface area contributed by atoms with Gasteiger partial charge in [0.25, 0.3) is 11.8 Å². The molecule has 2 amide bonds. The highest BCUT2D eigenvalue weighted by molar-refractivity contribution is 6.20. The number of carbonyl (C=O) groups excluding carboxylic acids is 2. The van der Waals surface area contributed by atoms with Gasteiger partial charge >= 0.3 is 0 Å². The first-order valence-electron chi connectivity index (χ1n) is 3.74. The molecule has 12 heavy (non-hydrogen) atoms. The Labute approximate surface area is 71.0 Å². The van der Waals surface area contributed by atoms with E-state index in [2.05, 4.69) is 10.6 Å². The summed E-state index contributed by atoms with van der Waals surface area (Å²) in [6, 6.07) is 0. The van der Waals surface area contributed by atoms with Crippen molar-refractivity contribution in [2.75, 3.05) is 7.05 Å². The molecule has 0 saturated carbocycles. The second kappa shape index (κ2) is 2.62. The number of likely N-dealkylation sites (N-methyl/N-ethyl adjacent to an activating group) is 1. The first-order valence-corrected chi connectivity index (χ1v) is 3.74. The minimum atomic E-state index is -0.404. The van der Waals surface area contributed by atoms with Crippen LogP contribution < -0.4 is 10.6 Å². The Balaban J connectivity index is 2.91. The van der Waals surface area contributed by atoms with Gasteiger partial charge in [0.05, 0.1) is 5.54 Å². The SMILES string of the molecule is CNC(=O)C1=CC(C)(C)NC1=O. The van der Waals surface area contributed by atoms with E-state index in [0.29, 0.717) is 0 Å². The van der Waals surface area contributed by atoms with Crippen LogP contribution in [0.25, 0.3) is 0 Å². The van der Waals surface area contributed by atoms with Gasteiger partial charge in [-0.15, -0.1) is 0 Å². The standard InChI is InChI=1S/C8H12N2O2/c1-8(2)4-5(6(11)9-3)7(12)10-8/h4H,1-3H3,(H,9,11)(H,10,12). The summed E-state index contributed by atoms with van der Waals surface area (Å²) >= 11 is 0. The van der Waals surface area contributed by atoms with Crippen LogP contribution in [0.5, 0.6) is 0 Å². The lowest BCUT2D eigenvalue weighted by Gasteiger charge is -2.13. The zero-order valence-electron chi connectivity index (χ0n) is 7.39. The Hall–Kier alpha value is -1.32. The molecule has 0 saturated heterocycles. The zero-order chi connectivity index (χ0) is 9.35. The van der Waals surface area contributed by atoms with E-state index < -0.39 is 5.54 Å². The second-order valence-electron chi connectivity index (χ2n) is 3.31. The van der Waals surface area contributed by atoms with Crippen LogP contribution in [-0.2, 0) is 9.59 Å². The Kier molecular flexibility index (Phi) is 1.92. The zero-order valence-corrected chi connectivity index (χ0v) is 7.39. The van der Waals surface area contributed by atoms with Crippen molar-refractivity contribution in [3.63, 3.8) is 0 Å². The molecule has 0 aromatic rings. The Morgan fingerprint density at radius 1 is 1.58 bits per heavy atom. The summed E-state index contributed by atoms with van der Waals surface area (Å²) in [5, 5.41) is 5.07. The van der Waals surface area contributed by atoms with Gasteiger partial charge in [0, 0.05) is 7.05 Å². The van der Waals surface area contributed by atoms with E-state index in [9.17, 15) is 9.59 Å². The van der Waals surface area contributed by atoms with Gasteiger partial charge in [0.2, 0.25) is 0 Å². The highest BCUT2D eigenvalue weighted by Crippen LogP contribution is 2.16. The molecule has 0 bridgehead atoms. The number of amides is 2. The Bertz CT molecular complexity index is 266. The smallest absolute Gasteiger partial charge is 0.257 e. The molecule has 1 aliphatic rings. The largest absolute Gasteiger partial charge is 0.355 e. The minimum absolute atomic E-state index is 0.197. The lowest BCUT2D eigenvalue weighted by molar-refractivity contribution is -0.122. The third-order valence-electron chi connectivity index (χ3n) is 1.66. The molecule has 0 spiro atoms. The van der Waals surface area contributed by atoms with Crippen LogP contribution in [0.1, 0.15) is 13.8 Å². The summed E-state index contributed by atoms with van der Waals surface area (Å²) in [4.78, 5) is 22.2. The molecule has 1 rings (SSSR count). The Morgan fingerprint density at radius 2 is 2.17 bits per heavy atom. The molecule has 4 nitrogen and oxygen atoms in total. The first kappa shape index (κ1) is 8.77. The summed E-state index contributed by atoms with van der Waals surface area (Å²) in [5.74, 6) is -0.641. The average molecular weight is 168 g/mol.